The maximum absolute atomic E-state index is 13.0. The van der Waals surface area contributed by atoms with Gasteiger partial charge in [-0.05, 0) is 63.8 Å². The van der Waals surface area contributed by atoms with E-state index >= 15 is 0 Å². The zero-order chi connectivity index (χ0) is 20.1. The van der Waals surface area contributed by atoms with Crippen molar-refractivity contribution in [3.63, 3.8) is 0 Å². The highest BCUT2D eigenvalue weighted by Gasteiger charge is 2.35. The first-order chi connectivity index (χ1) is 13.4. The van der Waals surface area contributed by atoms with E-state index in [0.717, 1.165) is 32.1 Å². The van der Waals surface area contributed by atoms with Crippen molar-refractivity contribution in [1.82, 2.24) is 9.62 Å². The van der Waals surface area contributed by atoms with Crippen LogP contribution in [-0.4, -0.2) is 43.3 Å². The van der Waals surface area contributed by atoms with Crippen molar-refractivity contribution in [3.05, 3.63) is 24.3 Å². The molecule has 28 heavy (non-hydrogen) atoms. The first-order valence-corrected chi connectivity index (χ1v) is 12.0. The van der Waals surface area contributed by atoms with Crippen LogP contribution in [0.25, 0.3) is 0 Å². The predicted octanol–water partition coefficient (Wildman–Crippen LogP) is 3.50. The summed E-state index contributed by atoms with van der Waals surface area (Å²) in [5.41, 5.74) is 0.620. The largest absolute Gasteiger partial charge is 0.325 e. The minimum atomic E-state index is -3.52. The first kappa shape index (κ1) is 21.3. The van der Waals surface area contributed by atoms with E-state index in [9.17, 15) is 13.2 Å². The molecule has 1 aliphatic carbocycles. The number of hydrogen-bond acceptors (Lipinski definition) is 4. The Balaban J connectivity index is 1.58. The number of nitrogens with zero attached hydrogens (tertiary/aromatic N) is 1. The third kappa shape index (κ3) is 5.13. The van der Waals surface area contributed by atoms with Gasteiger partial charge in [0.25, 0.3) is 0 Å². The van der Waals surface area contributed by atoms with Gasteiger partial charge in [0.05, 0.1) is 11.4 Å². The number of carbonyl (C=O) groups is 1. The molecule has 2 aliphatic rings. The van der Waals surface area contributed by atoms with Crippen LogP contribution in [0.5, 0.6) is 0 Å². The zero-order valence-corrected chi connectivity index (χ0v) is 17.8. The molecule has 156 valence electrons. The highest BCUT2D eigenvalue weighted by Crippen LogP contribution is 2.29. The molecule has 7 heteroatoms. The SMILES string of the molecule is CC1CCCC(C)N1S(=O)(=O)c1ccc(NC(=O)CNC2CCCCC2)cc1. The maximum atomic E-state index is 13.0. The Morgan fingerprint density at radius 3 is 2.18 bits per heavy atom. The summed E-state index contributed by atoms with van der Waals surface area (Å²) in [6, 6.07) is 6.98. The molecule has 2 N–H and O–H groups in total. The number of hydrogen-bond donors (Lipinski definition) is 2. The van der Waals surface area contributed by atoms with Crippen LogP contribution in [0.15, 0.2) is 29.2 Å². The Kier molecular flexibility index (Phi) is 7.12. The van der Waals surface area contributed by atoms with Gasteiger partial charge >= 0.3 is 0 Å². The molecule has 0 aromatic heterocycles. The van der Waals surface area contributed by atoms with Gasteiger partial charge in [0.2, 0.25) is 15.9 Å². The summed E-state index contributed by atoms with van der Waals surface area (Å²) in [6.45, 7) is 4.23. The number of amides is 1. The van der Waals surface area contributed by atoms with E-state index in [4.69, 9.17) is 0 Å². The molecule has 2 fully saturated rings. The van der Waals surface area contributed by atoms with Gasteiger partial charge in [-0.2, -0.15) is 4.31 Å². The second-order valence-electron chi connectivity index (χ2n) is 8.25. The molecule has 1 aromatic rings. The number of rotatable bonds is 6. The second kappa shape index (κ2) is 9.37. The molecule has 6 nitrogen and oxygen atoms in total. The van der Waals surface area contributed by atoms with Crippen molar-refractivity contribution in [2.45, 2.75) is 88.2 Å². The van der Waals surface area contributed by atoms with Gasteiger partial charge in [-0.15, -0.1) is 0 Å². The standard InChI is InChI=1S/C21H33N3O3S/c1-16-7-6-8-17(2)24(16)28(26,27)20-13-11-19(12-14-20)23-21(25)15-22-18-9-4-3-5-10-18/h11-14,16-18,22H,3-10,15H2,1-2H3,(H,23,25). The fourth-order valence-electron chi connectivity index (χ4n) is 4.45. The normalized spacial score (nSPS) is 24.8. The number of piperidine rings is 1. The van der Waals surface area contributed by atoms with E-state index in [1.54, 1.807) is 28.6 Å². The third-order valence-corrected chi connectivity index (χ3v) is 8.13. The van der Waals surface area contributed by atoms with E-state index in [1.807, 2.05) is 13.8 Å². The van der Waals surface area contributed by atoms with Crippen LogP contribution in [0, 0.1) is 0 Å². The molecule has 1 saturated heterocycles. The summed E-state index contributed by atoms with van der Waals surface area (Å²) >= 11 is 0. The highest BCUT2D eigenvalue weighted by molar-refractivity contribution is 7.89. The Bertz CT molecular complexity index is 748. The maximum Gasteiger partial charge on any atom is 0.243 e. The quantitative estimate of drug-likeness (QED) is 0.756. The van der Waals surface area contributed by atoms with E-state index in [-0.39, 0.29) is 29.4 Å². The molecular weight excluding hydrogens is 374 g/mol. The molecule has 0 spiro atoms. The molecule has 1 heterocycles. The van der Waals surface area contributed by atoms with Gasteiger partial charge in [-0.25, -0.2) is 8.42 Å². The van der Waals surface area contributed by atoms with Gasteiger partial charge in [0.15, 0.2) is 0 Å². The molecule has 0 bridgehead atoms. The predicted molar refractivity (Wildman–Crippen MR) is 112 cm³/mol. The van der Waals surface area contributed by atoms with E-state index in [2.05, 4.69) is 10.6 Å². The summed E-state index contributed by atoms with van der Waals surface area (Å²) in [6.07, 6.45) is 8.85. The van der Waals surface area contributed by atoms with Gasteiger partial charge < -0.3 is 10.6 Å². The number of sulfonamides is 1. The molecule has 2 atom stereocenters. The van der Waals surface area contributed by atoms with Crippen LogP contribution in [0.2, 0.25) is 0 Å². The zero-order valence-electron chi connectivity index (χ0n) is 17.0. The summed E-state index contributed by atoms with van der Waals surface area (Å²) in [5, 5.41) is 6.16. The summed E-state index contributed by atoms with van der Waals surface area (Å²) in [7, 11) is -3.52. The smallest absolute Gasteiger partial charge is 0.243 e. The molecular formula is C21H33N3O3S. The third-order valence-electron chi connectivity index (χ3n) is 5.98. The lowest BCUT2D eigenvalue weighted by Gasteiger charge is -2.37. The number of benzene rings is 1. The molecule has 1 saturated carbocycles. The average molecular weight is 408 g/mol. The van der Waals surface area contributed by atoms with Crippen molar-refractivity contribution in [1.29, 1.82) is 0 Å². The topological polar surface area (TPSA) is 78.5 Å². The fraction of sp³-hybridized carbons (Fsp3) is 0.667. The van der Waals surface area contributed by atoms with Crippen molar-refractivity contribution in [3.8, 4) is 0 Å². The monoisotopic (exact) mass is 407 g/mol. The number of carbonyl (C=O) groups excluding carboxylic acids is 1. The van der Waals surface area contributed by atoms with Crippen LogP contribution in [0.4, 0.5) is 5.69 Å². The van der Waals surface area contributed by atoms with Gasteiger partial charge in [-0.1, -0.05) is 25.7 Å². The first-order valence-electron chi connectivity index (χ1n) is 10.5. The Labute approximate surface area is 169 Å². The lowest BCUT2D eigenvalue weighted by Crippen LogP contribution is -2.47. The molecule has 3 rings (SSSR count). The van der Waals surface area contributed by atoms with Crippen LogP contribution in [0.1, 0.15) is 65.2 Å². The second-order valence-corrected chi connectivity index (χ2v) is 10.1. The van der Waals surface area contributed by atoms with E-state index in [0.29, 0.717) is 11.7 Å². The fourth-order valence-corrected chi connectivity index (χ4v) is 6.33. The van der Waals surface area contributed by atoms with Gasteiger partial charge in [-0.3, -0.25) is 4.79 Å². The summed E-state index contributed by atoms with van der Waals surface area (Å²) in [5.74, 6) is -0.0977. The van der Waals surface area contributed by atoms with Crippen molar-refractivity contribution >= 4 is 21.6 Å². The van der Waals surface area contributed by atoms with Crippen LogP contribution >= 0.6 is 0 Å². The lowest BCUT2D eigenvalue weighted by molar-refractivity contribution is -0.115. The van der Waals surface area contributed by atoms with Crippen molar-refractivity contribution < 1.29 is 13.2 Å². The van der Waals surface area contributed by atoms with E-state index < -0.39 is 10.0 Å². The number of nitrogens with one attached hydrogen (secondary N) is 2. The molecule has 0 radical (unpaired) electrons. The molecule has 2 unspecified atom stereocenters. The van der Waals surface area contributed by atoms with Crippen molar-refractivity contribution in [2.75, 3.05) is 11.9 Å². The van der Waals surface area contributed by atoms with Gasteiger partial charge in [0.1, 0.15) is 0 Å². The summed E-state index contributed by atoms with van der Waals surface area (Å²) < 4.78 is 27.7. The average Bonchev–Trinajstić information content (AvgIpc) is 2.67. The number of anilines is 1. The summed E-state index contributed by atoms with van der Waals surface area (Å²) in [4.78, 5) is 12.5. The lowest BCUT2D eigenvalue weighted by atomic mass is 9.95. The van der Waals surface area contributed by atoms with Gasteiger partial charge in [0, 0.05) is 23.8 Å². The van der Waals surface area contributed by atoms with Crippen LogP contribution in [0.3, 0.4) is 0 Å². The molecule has 1 aromatic carbocycles. The minimum Gasteiger partial charge on any atom is -0.325 e. The van der Waals surface area contributed by atoms with E-state index in [1.165, 1.54) is 19.3 Å². The Morgan fingerprint density at radius 1 is 0.964 bits per heavy atom. The minimum absolute atomic E-state index is 0.0130. The van der Waals surface area contributed by atoms with Crippen molar-refractivity contribution in [2.24, 2.45) is 0 Å². The van der Waals surface area contributed by atoms with Crippen LogP contribution < -0.4 is 10.6 Å². The highest BCUT2D eigenvalue weighted by atomic mass is 32.2. The Morgan fingerprint density at radius 2 is 1.57 bits per heavy atom. The Hall–Kier alpha value is -1.44. The van der Waals surface area contributed by atoms with Crippen LogP contribution in [-0.2, 0) is 14.8 Å². The molecule has 1 aliphatic heterocycles. The molecule has 1 amide bonds.